The van der Waals surface area contributed by atoms with Crippen LogP contribution in [-0.4, -0.2) is 5.91 Å². The number of benzene rings is 2. The fourth-order valence-electron chi connectivity index (χ4n) is 2.53. The molecule has 1 amide bonds. The normalized spacial score (nSPS) is 10.7. The number of hydrogen-bond acceptors (Lipinski definition) is 2. The Morgan fingerprint density at radius 3 is 2.62 bits per heavy atom. The van der Waals surface area contributed by atoms with E-state index >= 15 is 0 Å². The van der Waals surface area contributed by atoms with Gasteiger partial charge in [0.1, 0.15) is 5.76 Å². The number of halogens is 1. The zero-order chi connectivity index (χ0) is 17.3. The largest absolute Gasteiger partial charge is 0.451 e. The summed E-state index contributed by atoms with van der Waals surface area (Å²) >= 11 is 6.15. The van der Waals surface area contributed by atoms with E-state index < -0.39 is 0 Å². The molecule has 0 aliphatic carbocycles. The Kier molecular flexibility index (Phi) is 4.45. The number of hydrogen-bond donors (Lipinski definition) is 1. The first-order valence-electron chi connectivity index (χ1n) is 7.69. The minimum Gasteiger partial charge on any atom is -0.451 e. The van der Waals surface area contributed by atoms with E-state index in [-0.39, 0.29) is 11.7 Å². The molecular weight excluding hydrogens is 322 g/mol. The molecule has 2 aromatic carbocycles. The lowest BCUT2D eigenvalue weighted by molar-refractivity contribution is 0.0997. The molecule has 24 heavy (non-hydrogen) atoms. The maximum absolute atomic E-state index is 12.4. The molecule has 1 N–H and O–H groups in total. The molecule has 1 heterocycles. The van der Waals surface area contributed by atoms with Crippen molar-refractivity contribution in [1.82, 2.24) is 0 Å². The molecule has 0 saturated carbocycles. The summed E-state index contributed by atoms with van der Waals surface area (Å²) in [6.45, 7) is 5.87. The quantitative estimate of drug-likeness (QED) is 0.657. The van der Waals surface area contributed by atoms with Crippen LogP contribution in [0.1, 0.15) is 27.2 Å². The standard InChI is InChI=1S/C20H18ClNO2/c1-12-7-8-13(2)17(11-12)22-20(23)19-10-9-18(24-19)15-5-4-6-16(21)14(15)3/h4-11H,1-3H3,(H,22,23). The molecule has 4 heteroatoms. The van der Waals surface area contributed by atoms with Gasteiger partial charge in [-0.2, -0.15) is 0 Å². The lowest BCUT2D eigenvalue weighted by atomic mass is 10.1. The van der Waals surface area contributed by atoms with E-state index in [2.05, 4.69) is 5.32 Å². The van der Waals surface area contributed by atoms with Crippen molar-refractivity contribution in [3.8, 4) is 11.3 Å². The predicted octanol–water partition coefficient (Wildman–Crippen LogP) is 5.78. The highest BCUT2D eigenvalue weighted by Gasteiger charge is 2.15. The highest BCUT2D eigenvalue weighted by molar-refractivity contribution is 6.31. The Balaban J connectivity index is 1.86. The monoisotopic (exact) mass is 339 g/mol. The second-order valence-electron chi connectivity index (χ2n) is 5.85. The summed E-state index contributed by atoms with van der Waals surface area (Å²) in [5, 5.41) is 3.57. The number of anilines is 1. The van der Waals surface area contributed by atoms with Gasteiger partial charge in [-0.25, -0.2) is 0 Å². The van der Waals surface area contributed by atoms with Crippen LogP contribution < -0.4 is 5.32 Å². The Morgan fingerprint density at radius 2 is 1.83 bits per heavy atom. The summed E-state index contributed by atoms with van der Waals surface area (Å²) in [5.74, 6) is 0.626. The van der Waals surface area contributed by atoms with Crippen LogP contribution in [0.25, 0.3) is 11.3 Å². The maximum Gasteiger partial charge on any atom is 0.291 e. The van der Waals surface area contributed by atoms with Crippen LogP contribution >= 0.6 is 11.6 Å². The molecule has 3 aromatic rings. The number of amides is 1. The maximum atomic E-state index is 12.4. The van der Waals surface area contributed by atoms with E-state index in [1.54, 1.807) is 12.1 Å². The lowest BCUT2D eigenvalue weighted by Crippen LogP contribution is -2.11. The molecule has 0 aliphatic rings. The topological polar surface area (TPSA) is 42.2 Å². The van der Waals surface area contributed by atoms with Crippen LogP contribution in [0.3, 0.4) is 0 Å². The Hall–Kier alpha value is -2.52. The lowest BCUT2D eigenvalue weighted by Gasteiger charge is -2.08. The Morgan fingerprint density at radius 1 is 1.04 bits per heavy atom. The molecule has 0 spiro atoms. The molecule has 0 aliphatic heterocycles. The van der Waals surface area contributed by atoms with E-state index in [0.29, 0.717) is 10.8 Å². The van der Waals surface area contributed by atoms with Crippen LogP contribution in [0.4, 0.5) is 5.69 Å². The fraction of sp³-hybridized carbons (Fsp3) is 0.150. The average Bonchev–Trinajstić information content (AvgIpc) is 3.03. The SMILES string of the molecule is Cc1ccc(C)c(NC(=O)c2ccc(-c3cccc(Cl)c3C)o2)c1. The first kappa shape index (κ1) is 16.3. The zero-order valence-electron chi connectivity index (χ0n) is 13.8. The van der Waals surface area contributed by atoms with Gasteiger partial charge < -0.3 is 9.73 Å². The number of furan rings is 1. The smallest absolute Gasteiger partial charge is 0.291 e. The van der Waals surface area contributed by atoms with Crippen molar-refractivity contribution < 1.29 is 9.21 Å². The number of rotatable bonds is 3. The van der Waals surface area contributed by atoms with E-state index in [1.165, 1.54) is 0 Å². The number of aryl methyl sites for hydroxylation is 2. The zero-order valence-corrected chi connectivity index (χ0v) is 14.6. The number of nitrogens with one attached hydrogen (secondary N) is 1. The van der Waals surface area contributed by atoms with Gasteiger partial charge in [-0.1, -0.05) is 35.9 Å². The van der Waals surface area contributed by atoms with Gasteiger partial charge in [-0.05, 0) is 61.7 Å². The highest BCUT2D eigenvalue weighted by Crippen LogP contribution is 2.30. The molecule has 0 fully saturated rings. The predicted molar refractivity (Wildman–Crippen MR) is 97.8 cm³/mol. The van der Waals surface area contributed by atoms with Crippen molar-refractivity contribution in [3.63, 3.8) is 0 Å². The third-order valence-electron chi connectivity index (χ3n) is 4.00. The third kappa shape index (κ3) is 3.22. The number of carbonyl (C=O) groups is 1. The van der Waals surface area contributed by atoms with Crippen molar-refractivity contribution in [1.29, 1.82) is 0 Å². The summed E-state index contributed by atoms with van der Waals surface area (Å²) in [5.41, 5.74) is 4.69. The van der Waals surface area contributed by atoms with Crippen LogP contribution in [0, 0.1) is 20.8 Å². The molecule has 122 valence electrons. The van der Waals surface area contributed by atoms with Crippen molar-refractivity contribution in [2.75, 3.05) is 5.32 Å². The van der Waals surface area contributed by atoms with E-state index in [1.807, 2.05) is 57.2 Å². The van der Waals surface area contributed by atoms with E-state index in [4.69, 9.17) is 16.0 Å². The van der Waals surface area contributed by atoms with Crippen LogP contribution in [0.2, 0.25) is 5.02 Å². The Bertz CT molecular complexity index is 912. The van der Waals surface area contributed by atoms with Crippen LogP contribution in [0.15, 0.2) is 52.9 Å². The van der Waals surface area contributed by atoms with Gasteiger partial charge in [0, 0.05) is 16.3 Å². The second kappa shape index (κ2) is 6.54. The van der Waals surface area contributed by atoms with Crippen molar-refractivity contribution in [2.24, 2.45) is 0 Å². The molecule has 0 radical (unpaired) electrons. The molecule has 0 unspecified atom stereocenters. The summed E-state index contributed by atoms with van der Waals surface area (Å²) in [6, 6.07) is 15.0. The highest BCUT2D eigenvalue weighted by atomic mass is 35.5. The minimum absolute atomic E-state index is 0.269. The van der Waals surface area contributed by atoms with Gasteiger partial charge in [0.15, 0.2) is 5.76 Å². The van der Waals surface area contributed by atoms with Gasteiger partial charge in [0.2, 0.25) is 0 Å². The molecule has 3 rings (SSSR count). The summed E-state index contributed by atoms with van der Waals surface area (Å²) in [6.07, 6.45) is 0. The first-order valence-corrected chi connectivity index (χ1v) is 8.07. The van der Waals surface area contributed by atoms with Gasteiger partial charge in [-0.3, -0.25) is 4.79 Å². The fourth-order valence-corrected chi connectivity index (χ4v) is 2.71. The van der Waals surface area contributed by atoms with Gasteiger partial charge >= 0.3 is 0 Å². The van der Waals surface area contributed by atoms with E-state index in [0.717, 1.165) is 27.9 Å². The van der Waals surface area contributed by atoms with Gasteiger partial charge in [-0.15, -0.1) is 0 Å². The molecular formula is C20H18ClNO2. The van der Waals surface area contributed by atoms with Crippen molar-refractivity contribution in [3.05, 3.63) is 76.0 Å². The molecule has 0 bridgehead atoms. The number of carbonyl (C=O) groups excluding carboxylic acids is 1. The van der Waals surface area contributed by atoms with Gasteiger partial charge in [0.05, 0.1) is 0 Å². The van der Waals surface area contributed by atoms with Crippen molar-refractivity contribution in [2.45, 2.75) is 20.8 Å². The Labute approximate surface area is 146 Å². The molecule has 0 atom stereocenters. The average molecular weight is 340 g/mol. The summed E-state index contributed by atoms with van der Waals surface area (Å²) in [4.78, 5) is 12.4. The molecule has 1 aromatic heterocycles. The van der Waals surface area contributed by atoms with Crippen molar-refractivity contribution >= 4 is 23.2 Å². The van der Waals surface area contributed by atoms with Crippen LogP contribution in [0.5, 0.6) is 0 Å². The van der Waals surface area contributed by atoms with Gasteiger partial charge in [0.25, 0.3) is 5.91 Å². The van der Waals surface area contributed by atoms with Crippen LogP contribution in [-0.2, 0) is 0 Å². The molecule has 3 nitrogen and oxygen atoms in total. The minimum atomic E-state index is -0.269. The first-order chi connectivity index (χ1) is 11.5. The summed E-state index contributed by atoms with van der Waals surface area (Å²) < 4.78 is 5.74. The third-order valence-corrected chi connectivity index (χ3v) is 4.41. The molecule has 0 saturated heterocycles. The van der Waals surface area contributed by atoms with E-state index in [9.17, 15) is 4.79 Å². The second-order valence-corrected chi connectivity index (χ2v) is 6.26. The summed E-state index contributed by atoms with van der Waals surface area (Å²) in [7, 11) is 0.